The van der Waals surface area contributed by atoms with Crippen LogP contribution in [0.15, 0.2) is 40.9 Å². The van der Waals surface area contributed by atoms with Crippen LogP contribution in [0.2, 0.25) is 5.02 Å². The Hall–Kier alpha value is -1.19. The van der Waals surface area contributed by atoms with Crippen molar-refractivity contribution in [1.29, 1.82) is 0 Å². The number of fused-ring (bicyclic) bond motifs is 1. The molecule has 1 unspecified atom stereocenters. The van der Waals surface area contributed by atoms with Crippen LogP contribution < -0.4 is 10.1 Å². The zero-order chi connectivity index (χ0) is 14.8. The molecule has 2 aromatic rings. The number of benzene rings is 2. The number of halogens is 2. The van der Waals surface area contributed by atoms with Crippen molar-refractivity contribution >= 4 is 33.2 Å². The van der Waals surface area contributed by atoms with E-state index in [-0.39, 0.29) is 0 Å². The van der Waals surface area contributed by atoms with Crippen molar-refractivity contribution in [3.05, 3.63) is 57.0 Å². The molecule has 21 heavy (non-hydrogen) atoms. The van der Waals surface area contributed by atoms with Crippen LogP contribution in [0.25, 0.3) is 0 Å². The SMILES string of the molecule is COc1ccc2c(c1)C(Nc1cc(Cl)ccc1Br)CCC2. The fourth-order valence-corrected chi connectivity index (χ4v) is 3.38. The van der Waals surface area contributed by atoms with Crippen LogP contribution in [0.4, 0.5) is 5.69 Å². The van der Waals surface area contributed by atoms with Crippen molar-refractivity contribution in [1.82, 2.24) is 0 Å². The first-order valence-electron chi connectivity index (χ1n) is 7.06. The summed E-state index contributed by atoms with van der Waals surface area (Å²) < 4.78 is 6.39. The third-order valence-electron chi connectivity index (χ3n) is 3.93. The molecule has 0 aliphatic heterocycles. The second-order valence-corrected chi connectivity index (χ2v) is 6.57. The van der Waals surface area contributed by atoms with E-state index in [1.807, 2.05) is 24.3 Å². The van der Waals surface area contributed by atoms with E-state index in [4.69, 9.17) is 16.3 Å². The normalized spacial score (nSPS) is 17.2. The molecule has 3 rings (SSSR count). The molecule has 1 aliphatic rings. The Kier molecular flexibility index (Phi) is 4.41. The molecule has 0 aromatic heterocycles. The predicted molar refractivity (Wildman–Crippen MR) is 91.4 cm³/mol. The number of rotatable bonds is 3. The standard InChI is InChI=1S/C17H17BrClNO/c1-21-13-7-5-11-3-2-4-16(14(11)10-13)20-17-9-12(19)6-8-15(17)18/h5-10,16,20H,2-4H2,1H3. The van der Waals surface area contributed by atoms with Gasteiger partial charge in [0.2, 0.25) is 0 Å². The Morgan fingerprint density at radius 1 is 1.24 bits per heavy atom. The van der Waals surface area contributed by atoms with Gasteiger partial charge in [-0.1, -0.05) is 17.7 Å². The first-order chi connectivity index (χ1) is 10.2. The van der Waals surface area contributed by atoms with E-state index in [9.17, 15) is 0 Å². The van der Waals surface area contributed by atoms with Crippen molar-refractivity contribution in [3.63, 3.8) is 0 Å². The lowest BCUT2D eigenvalue weighted by Gasteiger charge is -2.28. The summed E-state index contributed by atoms with van der Waals surface area (Å²) >= 11 is 9.68. The van der Waals surface area contributed by atoms with E-state index in [1.165, 1.54) is 17.5 Å². The zero-order valence-electron chi connectivity index (χ0n) is 11.8. The number of hydrogen-bond donors (Lipinski definition) is 1. The average Bonchev–Trinajstić information content (AvgIpc) is 2.51. The molecule has 2 aromatic carbocycles. The highest BCUT2D eigenvalue weighted by molar-refractivity contribution is 9.10. The third-order valence-corrected chi connectivity index (χ3v) is 4.85. The van der Waals surface area contributed by atoms with Crippen LogP contribution in [0.5, 0.6) is 5.75 Å². The molecule has 0 saturated heterocycles. The van der Waals surface area contributed by atoms with Gasteiger partial charge in [0.25, 0.3) is 0 Å². The van der Waals surface area contributed by atoms with Gasteiger partial charge in [0.05, 0.1) is 18.8 Å². The van der Waals surface area contributed by atoms with Gasteiger partial charge >= 0.3 is 0 Å². The fourth-order valence-electron chi connectivity index (χ4n) is 2.85. The van der Waals surface area contributed by atoms with Crippen molar-refractivity contribution in [3.8, 4) is 5.75 Å². The molecule has 4 heteroatoms. The van der Waals surface area contributed by atoms with E-state index < -0.39 is 0 Å². The summed E-state index contributed by atoms with van der Waals surface area (Å²) in [7, 11) is 1.71. The first kappa shape index (κ1) is 14.7. The van der Waals surface area contributed by atoms with Crippen LogP contribution in [0.3, 0.4) is 0 Å². The number of hydrogen-bond acceptors (Lipinski definition) is 2. The molecule has 110 valence electrons. The fraction of sp³-hybridized carbons (Fsp3) is 0.294. The molecule has 0 amide bonds. The lowest BCUT2D eigenvalue weighted by molar-refractivity contribution is 0.413. The summed E-state index contributed by atoms with van der Waals surface area (Å²) in [4.78, 5) is 0. The van der Waals surface area contributed by atoms with Gasteiger partial charge in [-0.3, -0.25) is 0 Å². The summed E-state index contributed by atoms with van der Waals surface area (Å²) in [5.41, 5.74) is 3.76. The number of nitrogens with one attached hydrogen (secondary N) is 1. The maximum Gasteiger partial charge on any atom is 0.119 e. The molecular weight excluding hydrogens is 350 g/mol. The van der Waals surface area contributed by atoms with Gasteiger partial charge in [-0.15, -0.1) is 0 Å². The second-order valence-electron chi connectivity index (χ2n) is 5.28. The lowest BCUT2D eigenvalue weighted by atomic mass is 9.87. The Morgan fingerprint density at radius 2 is 2.10 bits per heavy atom. The molecule has 1 N–H and O–H groups in total. The largest absolute Gasteiger partial charge is 0.497 e. The van der Waals surface area contributed by atoms with E-state index in [0.29, 0.717) is 6.04 Å². The summed E-state index contributed by atoms with van der Waals surface area (Å²) in [5, 5.41) is 4.35. The van der Waals surface area contributed by atoms with E-state index in [0.717, 1.165) is 33.8 Å². The molecular formula is C17H17BrClNO. The molecule has 0 saturated carbocycles. The van der Waals surface area contributed by atoms with Gasteiger partial charge < -0.3 is 10.1 Å². The van der Waals surface area contributed by atoms with Crippen molar-refractivity contribution in [2.45, 2.75) is 25.3 Å². The van der Waals surface area contributed by atoms with Gasteiger partial charge in [-0.25, -0.2) is 0 Å². The minimum absolute atomic E-state index is 0.290. The molecule has 1 atom stereocenters. The first-order valence-corrected chi connectivity index (χ1v) is 8.23. The minimum Gasteiger partial charge on any atom is -0.497 e. The summed E-state index contributed by atoms with van der Waals surface area (Å²) in [6.07, 6.45) is 3.43. The van der Waals surface area contributed by atoms with Crippen LogP contribution >= 0.6 is 27.5 Å². The Bertz CT molecular complexity index is 659. The van der Waals surface area contributed by atoms with Crippen LogP contribution in [0.1, 0.15) is 30.0 Å². The molecule has 2 nitrogen and oxygen atoms in total. The van der Waals surface area contributed by atoms with Crippen LogP contribution in [-0.2, 0) is 6.42 Å². The third kappa shape index (κ3) is 3.19. The van der Waals surface area contributed by atoms with Gasteiger partial charge in [-0.05, 0) is 76.7 Å². The summed E-state index contributed by atoms with van der Waals surface area (Å²) in [5.74, 6) is 0.910. The van der Waals surface area contributed by atoms with Crippen LogP contribution in [-0.4, -0.2) is 7.11 Å². The Labute approximate surface area is 138 Å². The van der Waals surface area contributed by atoms with E-state index in [1.54, 1.807) is 7.11 Å². The van der Waals surface area contributed by atoms with E-state index >= 15 is 0 Å². The maximum absolute atomic E-state index is 6.10. The van der Waals surface area contributed by atoms with Crippen LogP contribution in [0, 0.1) is 0 Å². The zero-order valence-corrected chi connectivity index (χ0v) is 14.2. The molecule has 0 bridgehead atoms. The molecule has 0 fully saturated rings. The predicted octanol–water partition coefficient (Wildman–Crippen LogP) is 5.60. The number of aryl methyl sites for hydroxylation is 1. The topological polar surface area (TPSA) is 21.3 Å². The lowest BCUT2D eigenvalue weighted by Crippen LogP contribution is -2.17. The maximum atomic E-state index is 6.10. The van der Waals surface area contributed by atoms with Gasteiger partial charge in [-0.2, -0.15) is 0 Å². The molecule has 0 heterocycles. The average molecular weight is 367 g/mol. The number of methoxy groups -OCH3 is 1. The molecule has 0 radical (unpaired) electrons. The summed E-state index contributed by atoms with van der Waals surface area (Å²) in [6.45, 7) is 0. The van der Waals surface area contributed by atoms with Crippen molar-refractivity contribution in [2.24, 2.45) is 0 Å². The number of ether oxygens (including phenoxy) is 1. The van der Waals surface area contributed by atoms with Gasteiger partial charge in [0.15, 0.2) is 0 Å². The van der Waals surface area contributed by atoms with Gasteiger partial charge in [0.1, 0.15) is 5.75 Å². The highest BCUT2D eigenvalue weighted by Crippen LogP contribution is 2.37. The minimum atomic E-state index is 0.290. The van der Waals surface area contributed by atoms with Gasteiger partial charge in [0, 0.05) is 9.50 Å². The smallest absolute Gasteiger partial charge is 0.119 e. The highest BCUT2D eigenvalue weighted by Gasteiger charge is 2.21. The Morgan fingerprint density at radius 3 is 2.90 bits per heavy atom. The van der Waals surface area contributed by atoms with E-state index in [2.05, 4.69) is 33.4 Å². The van der Waals surface area contributed by atoms with Crippen molar-refractivity contribution < 1.29 is 4.74 Å². The summed E-state index contributed by atoms with van der Waals surface area (Å²) in [6, 6.07) is 12.5. The monoisotopic (exact) mass is 365 g/mol. The van der Waals surface area contributed by atoms with Crippen molar-refractivity contribution in [2.75, 3.05) is 12.4 Å². The number of anilines is 1. The molecule has 1 aliphatic carbocycles. The quantitative estimate of drug-likeness (QED) is 0.763. The Balaban J connectivity index is 1.92. The molecule has 0 spiro atoms. The highest BCUT2D eigenvalue weighted by atomic mass is 79.9. The second kappa shape index (κ2) is 6.29.